The van der Waals surface area contributed by atoms with Gasteiger partial charge in [-0.2, -0.15) is 0 Å². The summed E-state index contributed by atoms with van der Waals surface area (Å²) in [5.41, 5.74) is 2.04. The highest BCUT2D eigenvalue weighted by atomic mass is 35.5. The zero-order chi connectivity index (χ0) is 17.9. The summed E-state index contributed by atoms with van der Waals surface area (Å²) in [5, 5.41) is 5.28. The average Bonchev–Trinajstić information content (AvgIpc) is 2.63. The molecule has 0 spiro atoms. The standard InChI is InChI=1S/C21H32ClN3/c1-3-5-13-25(14-6-4-2)15-9-12-23-17-19-16-18-10-7-8-11-20(18)24-21(19)22/h7-8,10-11,16,23H,3-6,9,12-15,17H2,1-2H3. The van der Waals surface area contributed by atoms with Crippen LogP contribution in [0.25, 0.3) is 10.9 Å². The highest BCUT2D eigenvalue weighted by Gasteiger charge is 2.06. The topological polar surface area (TPSA) is 28.2 Å². The molecule has 2 aromatic rings. The molecule has 0 amide bonds. The van der Waals surface area contributed by atoms with Crippen LogP contribution in [-0.4, -0.2) is 36.1 Å². The minimum atomic E-state index is 0.610. The minimum Gasteiger partial charge on any atom is -0.313 e. The molecule has 0 fully saturated rings. The molecule has 0 radical (unpaired) electrons. The Morgan fingerprint density at radius 3 is 2.40 bits per heavy atom. The van der Waals surface area contributed by atoms with E-state index in [-0.39, 0.29) is 0 Å². The number of hydrogen-bond donors (Lipinski definition) is 1. The van der Waals surface area contributed by atoms with Gasteiger partial charge >= 0.3 is 0 Å². The van der Waals surface area contributed by atoms with Crippen LogP contribution in [0.2, 0.25) is 5.15 Å². The van der Waals surface area contributed by atoms with E-state index < -0.39 is 0 Å². The molecular formula is C21H32ClN3. The first-order chi connectivity index (χ1) is 12.2. The number of benzene rings is 1. The van der Waals surface area contributed by atoms with Crippen LogP contribution < -0.4 is 5.32 Å². The van der Waals surface area contributed by atoms with Crippen molar-refractivity contribution in [3.8, 4) is 0 Å². The van der Waals surface area contributed by atoms with Crippen molar-refractivity contribution in [2.24, 2.45) is 0 Å². The number of para-hydroxylation sites is 1. The van der Waals surface area contributed by atoms with Gasteiger partial charge in [0, 0.05) is 17.5 Å². The number of unbranched alkanes of at least 4 members (excludes halogenated alkanes) is 2. The Kier molecular flexibility index (Phi) is 9.23. The Bertz CT molecular complexity index is 622. The van der Waals surface area contributed by atoms with E-state index in [0.29, 0.717) is 5.15 Å². The number of nitrogens with one attached hydrogen (secondary N) is 1. The van der Waals surface area contributed by atoms with Gasteiger partial charge in [0.15, 0.2) is 0 Å². The zero-order valence-electron chi connectivity index (χ0n) is 15.7. The van der Waals surface area contributed by atoms with Gasteiger partial charge in [-0.3, -0.25) is 0 Å². The molecule has 1 aromatic heterocycles. The summed E-state index contributed by atoms with van der Waals surface area (Å²) in [4.78, 5) is 7.10. The fourth-order valence-corrected chi connectivity index (χ4v) is 3.22. The summed E-state index contributed by atoms with van der Waals surface area (Å²) >= 11 is 6.32. The fourth-order valence-electron chi connectivity index (χ4n) is 3.01. The predicted octanol–water partition coefficient (Wildman–Crippen LogP) is 5.27. The van der Waals surface area contributed by atoms with Gasteiger partial charge in [0.2, 0.25) is 0 Å². The molecule has 2 rings (SSSR count). The third-order valence-corrected chi connectivity index (χ3v) is 4.88. The second-order valence-electron chi connectivity index (χ2n) is 6.71. The maximum atomic E-state index is 6.32. The van der Waals surface area contributed by atoms with Gasteiger partial charge in [-0.25, -0.2) is 4.98 Å². The number of rotatable bonds is 12. The lowest BCUT2D eigenvalue weighted by Crippen LogP contribution is -2.29. The molecule has 0 aliphatic heterocycles. The molecular weight excluding hydrogens is 330 g/mol. The van der Waals surface area contributed by atoms with Gasteiger partial charge in [0.1, 0.15) is 5.15 Å². The number of halogens is 1. The van der Waals surface area contributed by atoms with E-state index in [9.17, 15) is 0 Å². The van der Waals surface area contributed by atoms with Gasteiger partial charge in [-0.05, 0) is 57.6 Å². The van der Waals surface area contributed by atoms with E-state index in [1.54, 1.807) is 0 Å². The van der Waals surface area contributed by atoms with Gasteiger partial charge in [-0.1, -0.05) is 56.5 Å². The maximum absolute atomic E-state index is 6.32. The minimum absolute atomic E-state index is 0.610. The van der Waals surface area contributed by atoms with Gasteiger partial charge < -0.3 is 10.2 Å². The van der Waals surface area contributed by atoms with Crippen molar-refractivity contribution in [1.82, 2.24) is 15.2 Å². The van der Waals surface area contributed by atoms with Crippen molar-refractivity contribution in [1.29, 1.82) is 0 Å². The third-order valence-electron chi connectivity index (χ3n) is 4.55. The van der Waals surface area contributed by atoms with Gasteiger partial charge in [-0.15, -0.1) is 0 Å². The number of nitrogens with zero attached hydrogens (tertiary/aromatic N) is 2. The normalized spacial score (nSPS) is 11.5. The smallest absolute Gasteiger partial charge is 0.134 e. The van der Waals surface area contributed by atoms with Crippen molar-refractivity contribution >= 4 is 22.5 Å². The van der Waals surface area contributed by atoms with Crippen LogP contribution in [0.15, 0.2) is 30.3 Å². The maximum Gasteiger partial charge on any atom is 0.134 e. The second-order valence-corrected chi connectivity index (χ2v) is 7.07. The number of pyridine rings is 1. The molecule has 1 N–H and O–H groups in total. The number of hydrogen-bond acceptors (Lipinski definition) is 3. The van der Waals surface area contributed by atoms with Crippen LogP contribution in [-0.2, 0) is 6.54 Å². The van der Waals surface area contributed by atoms with Crippen molar-refractivity contribution < 1.29 is 0 Å². The number of fused-ring (bicyclic) bond motifs is 1. The molecule has 1 aromatic carbocycles. The Morgan fingerprint density at radius 2 is 1.68 bits per heavy atom. The van der Waals surface area contributed by atoms with Crippen LogP contribution >= 0.6 is 11.6 Å². The van der Waals surface area contributed by atoms with E-state index in [1.165, 1.54) is 51.7 Å². The Labute approximate surface area is 157 Å². The molecule has 0 aliphatic carbocycles. The highest BCUT2D eigenvalue weighted by Crippen LogP contribution is 2.20. The first kappa shape index (κ1) is 20.2. The SMILES string of the molecule is CCCCN(CCCC)CCCNCc1cc2ccccc2nc1Cl. The molecule has 0 atom stereocenters. The van der Waals surface area contributed by atoms with E-state index in [1.807, 2.05) is 18.2 Å². The van der Waals surface area contributed by atoms with Gasteiger partial charge in [0.25, 0.3) is 0 Å². The molecule has 4 heteroatoms. The lowest BCUT2D eigenvalue weighted by molar-refractivity contribution is 0.261. The van der Waals surface area contributed by atoms with Crippen LogP contribution in [0.3, 0.4) is 0 Å². The summed E-state index contributed by atoms with van der Waals surface area (Å²) in [6.45, 7) is 9.96. The molecule has 0 aliphatic rings. The first-order valence-corrected chi connectivity index (χ1v) is 10.1. The largest absolute Gasteiger partial charge is 0.313 e. The summed E-state index contributed by atoms with van der Waals surface area (Å²) in [6, 6.07) is 10.3. The molecule has 0 bridgehead atoms. The van der Waals surface area contributed by atoms with Crippen molar-refractivity contribution in [2.45, 2.75) is 52.5 Å². The van der Waals surface area contributed by atoms with E-state index in [0.717, 1.165) is 29.6 Å². The summed E-state index contributed by atoms with van der Waals surface area (Å²) in [7, 11) is 0. The van der Waals surface area contributed by atoms with Crippen LogP contribution in [0.1, 0.15) is 51.5 Å². The summed E-state index contributed by atoms with van der Waals surface area (Å²) in [6.07, 6.45) is 6.32. The van der Waals surface area contributed by atoms with Crippen molar-refractivity contribution in [3.63, 3.8) is 0 Å². The monoisotopic (exact) mass is 361 g/mol. The molecule has 25 heavy (non-hydrogen) atoms. The van der Waals surface area contributed by atoms with E-state index in [2.05, 4.69) is 41.2 Å². The van der Waals surface area contributed by atoms with Crippen molar-refractivity contribution in [3.05, 3.63) is 41.0 Å². The molecule has 0 unspecified atom stereocenters. The van der Waals surface area contributed by atoms with Crippen LogP contribution in [0, 0.1) is 0 Å². The van der Waals surface area contributed by atoms with Crippen molar-refractivity contribution in [2.75, 3.05) is 26.2 Å². The lowest BCUT2D eigenvalue weighted by Gasteiger charge is -2.22. The Morgan fingerprint density at radius 1 is 1.00 bits per heavy atom. The van der Waals surface area contributed by atoms with E-state index in [4.69, 9.17) is 11.6 Å². The number of aromatic nitrogens is 1. The molecule has 3 nitrogen and oxygen atoms in total. The lowest BCUT2D eigenvalue weighted by atomic mass is 10.1. The van der Waals surface area contributed by atoms with Gasteiger partial charge in [0.05, 0.1) is 5.52 Å². The Balaban J connectivity index is 1.75. The third kappa shape index (κ3) is 6.93. The fraction of sp³-hybridized carbons (Fsp3) is 0.571. The highest BCUT2D eigenvalue weighted by molar-refractivity contribution is 6.30. The second kappa shape index (κ2) is 11.5. The first-order valence-electron chi connectivity index (χ1n) is 9.71. The average molecular weight is 362 g/mol. The predicted molar refractivity (Wildman–Crippen MR) is 109 cm³/mol. The molecule has 1 heterocycles. The van der Waals surface area contributed by atoms with E-state index >= 15 is 0 Å². The summed E-state index contributed by atoms with van der Waals surface area (Å²) < 4.78 is 0. The zero-order valence-corrected chi connectivity index (χ0v) is 16.5. The van der Waals surface area contributed by atoms with Crippen LogP contribution in [0.5, 0.6) is 0 Å². The summed E-state index contributed by atoms with van der Waals surface area (Å²) in [5.74, 6) is 0. The molecule has 0 saturated carbocycles. The van der Waals surface area contributed by atoms with Crippen LogP contribution in [0.4, 0.5) is 0 Å². The molecule has 0 saturated heterocycles. The molecule has 138 valence electrons. The quantitative estimate of drug-likeness (QED) is 0.412. The Hall–Kier alpha value is -1.16.